The number of para-hydroxylation sites is 2. The number of amides is 1. The molecule has 0 saturated carbocycles. The highest BCUT2D eigenvalue weighted by Crippen LogP contribution is 2.28. The van der Waals surface area contributed by atoms with E-state index in [0.29, 0.717) is 12.5 Å². The number of aromatic nitrogens is 2. The second-order valence-electron chi connectivity index (χ2n) is 8.30. The van der Waals surface area contributed by atoms with E-state index in [0.717, 1.165) is 42.0 Å². The van der Waals surface area contributed by atoms with Crippen LogP contribution in [0.25, 0.3) is 11.0 Å². The Balaban J connectivity index is 1.66. The fourth-order valence-electron chi connectivity index (χ4n) is 3.79. The number of fused-ring (bicyclic) bond motifs is 1. The van der Waals surface area contributed by atoms with Gasteiger partial charge in [0.05, 0.1) is 23.7 Å². The Morgan fingerprint density at radius 1 is 1.19 bits per heavy atom. The molecule has 0 spiro atoms. The van der Waals surface area contributed by atoms with Gasteiger partial charge in [0.25, 0.3) is 0 Å². The maximum atomic E-state index is 11.8. The number of hydrogen-bond acceptors (Lipinski definition) is 3. The van der Waals surface area contributed by atoms with Gasteiger partial charge < -0.3 is 14.6 Å². The Hall–Kier alpha value is -3.08. The SMILES string of the molecule is C=CC(=O)NC(C)c1nc2ccccc2n1CCCCOc1cc(C)ccc1C(C)C. The van der Waals surface area contributed by atoms with Gasteiger partial charge >= 0.3 is 0 Å². The van der Waals surface area contributed by atoms with Gasteiger partial charge in [-0.05, 0) is 68.0 Å². The van der Waals surface area contributed by atoms with E-state index >= 15 is 0 Å². The van der Waals surface area contributed by atoms with Gasteiger partial charge in [0, 0.05) is 6.54 Å². The zero-order chi connectivity index (χ0) is 22.4. The van der Waals surface area contributed by atoms with Crippen molar-refractivity contribution >= 4 is 16.9 Å². The van der Waals surface area contributed by atoms with Crippen molar-refractivity contribution in [2.75, 3.05) is 6.61 Å². The highest BCUT2D eigenvalue weighted by atomic mass is 16.5. The van der Waals surface area contributed by atoms with Crippen LogP contribution < -0.4 is 10.1 Å². The number of nitrogens with one attached hydrogen (secondary N) is 1. The highest BCUT2D eigenvalue weighted by Gasteiger charge is 2.17. The number of unbranched alkanes of at least 4 members (excludes halogenated alkanes) is 1. The zero-order valence-electron chi connectivity index (χ0n) is 19.0. The van der Waals surface area contributed by atoms with E-state index in [1.54, 1.807) is 0 Å². The summed E-state index contributed by atoms with van der Waals surface area (Å²) in [5.41, 5.74) is 4.48. The van der Waals surface area contributed by atoms with Crippen LogP contribution in [0.2, 0.25) is 0 Å². The van der Waals surface area contributed by atoms with E-state index < -0.39 is 0 Å². The number of carbonyl (C=O) groups excluding carboxylic acids is 1. The van der Waals surface area contributed by atoms with Crippen molar-refractivity contribution in [3.8, 4) is 5.75 Å². The molecular formula is C26H33N3O2. The Morgan fingerprint density at radius 3 is 2.71 bits per heavy atom. The standard InChI is InChI=1S/C26H33N3O2/c1-6-25(30)27-20(5)26-28-22-11-7-8-12-23(22)29(26)15-9-10-16-31-24-17-19(4)13-14-21(24)18(2)3/h6-8,11-14,17-18,20H,1,9-10,15-16H2,2-5H3,(H,27,30). The van der Waals surface area contributed by atoms with Gasteiger partial charge in [-0.25, -0.2) is 4.98 Å². The second kappa shape index (κ2) is 10.3. The number of benzene rings is 2. The van der Waals surface area contributed by atoms with Crippen LogP contribution in [0.15, 0.2) is 55.1 Å². The molecule has 0 radical (unpaired) electrons. The normalized spacial score (nSPS) is 12.2. The third kappa shape index (κ3) is 5.54. The lowest BCUT2D eigenvalue weighted by atomic mass is 10.0. The maximum Gasteiger partial charge on any atom is 0.243 e. The molecule has 1 unspecified atom stereocenters. The number of hydrogen-bond donors (Lipinski definition) is 1. The third-order valence-electron chi connectivity index (χ3n) is 5.44. The number of ether oxygens (including phenoxy) is 1. The van der Waals surface area contributed by atoms with Gasteiger partial charge in [0.1, 0.15) is 11.6 Å². The summed E-state index contributed by atoms with van der Waals surface area (Å²) in [6, 6.07) is 14.3. The molecule has 0 aliphatic rings. The van der Waals surface area contributed by atoms with E-state index in [9.17, 15) is 4.79 Å². The number of aryl methyl sites for hydroxylation is 2. The van der Waals surface area contributed by atoms with E-state index in [1.165, 1.54) is 17.2 Å². The fraction of sp³-hybridized carbons (Fsp3) is 0.385. The predicted octanol–water partition coefficient (Wildman–Crippen LogP) is 5.69. The van der Waals surface area contributed by atoms with E-state index in [-0.39, 0.29) is 11.9 Å². The zero-order valence-corrected chi connectivity index (χ0v) is 19.0. The lowest BCUT2D eigenvalue weighted by Gasteiger charge is -2.16. The van der Waals surface area contributed by atoms with Crippen molar-refractivity contribution < 1.29 is 9.53 Å². The van der Waals surface area contributed by atoms with Crippen LogP contribution in [-0.4, -0.2) is 22.1 Å². The lowest BCUT2D eigenvalue weighted by Crippen LogP contribution is -2.27. The number of rotatable bonds is 10. The number of nitrogens with zero attached hydrogens (tertiary/aromatic N) is 2. The number of imidazole rings is 1. The molecule has 5 nitrogen and oxygen atoms in total. The fourth-order valence-corrected chi connectivity index (χ4v) is 3.79. The van der Waals surface area contributed by atoms with Gasteiger partial charge in [-0.2, -0.15) is 0 Å². The van der Waals surface area contributed by atoms with Crippen molar-refractivity contribution in [2.24, 2.45) is 0 Å². The van der Waals surface area contributed by atoms with Crippen LogP contribution in [0.5, 0.6) is 5.75 Å². The molecule has 1 N–H and O–H groups in total. The van der Waals surface area contributed by atoms with Gasteiger partial charge in [0.2, 0.25) is 5.91 Å². The molecule has 164 valence electrons. The Morgan fingerprint density at radius 2 is 1.97 bits per heavy atom. The minimum atomic E-state index is -0.199. The highest BCUT2D eigenvalue weighted by molar-refractivity contribution is 5.87. The first-order chi connectivity index (χ1) is 14.9. The van der Waals surface area contributed by atoms with Crippen molar-refractivity contribution in [2.45, 2.75) is 59.0 Å². The maximum absolute atomic E-state index is 11.8. The summed E-state index contributed by atoms with van der Waals surface area (Å²) in [6.07, 6.45) is 3.18. The lowest BCUT2D eigenvalue weighted by molar-refractivity contribution is -0.117. The average Bonchev–Trinajstić information content (AvgIpc) is 3.12. The Labute approximate surface area is 185 Å². The third-order valence-corrected chi connectivity index (χ3v) is 5.44. The van der Waals surface area contributed by atoms with Crippen molar-refractivity contribution in [3.05, 3.63) is 72.1 Å². The quantitative estimate of drug-likeness (QED) is 0.339. The summed E-state index contributed by atoms with van der Waals surface area (Å²) < 4.78 is 8.34. The van der Waals surface area contributed by atoms with E-state index in [2.05, 4.69) is 61.5 Å². The molecular weight excluding hydrogens is 386 g/mol. The van der Waals surface area contributed by atoms with Gasteiger partial charge in [-0.15, -0.1) is 0 Å². The minimum absolute atomic E-state index is 0.196. The van der Waals surface area contributed by atoms with Crippen LogP contribution in [0.3, 0.4) is 0 Å². The van der Waals surface area contributed by atoms with Gasteiger partial charge in [-0.1, -0.05) is 44.7 Å². The van der Waals surface area contributed by atoms with Crippen LogP contribution in [-0.2, 0) is 11.3 Å². The summed E-state index contributed by atoms with van der Waals surface area (Å²) in [5.74, 6) is 2.09. The number of carbonyl (C=O) groups is 1. The predicted molar refractivity (Wildman–Crippen MR) is 126 cm³/mol. The summed E-state index contributed by atoms with van der Waals surface area (Å²) in [7, 11) is 0. The molecule has 0 bridgehead atoms. The molecule has 5 heteroatoms. The summed E-state index contributed by atoms with van der Waals surface area (Å²) >= 11 is 0. The Bertz CT molecular complexity index is 1050. The van der Waals surface area contributed by atoms with Crippen LogP contribution >= 0.6 is 0 Å². The molecule has 0 saturated heterocycles. The van der Waals surface area contributed by atoms with Crippen molar-refractivity contribution in [1.29, 1.82) is 0 Å². The van der Waals surface area contributed by atoms with Crippen molar-refractivity contribution in [3.63, 3.8) is 0 Å². The van der Waals surface area contributed by atoms with Gasteiger partial charge in [0.15, 0.2) is 0 Å². The van der Waals surface area contributed by atoms with Gasteiger partial charge in [-0.3, -0.25) is 4.79 Å². The van der Waals surface area contributed by atoms with Crippen LogP contribution in [0.1, 0.15) is 62.5 Å². The first-order valence-corrected chi connectivity index (χ1v) is 11.0. The molecule has 2 aromatic carbocycles. The topological polar surface area (TPSA) is 56.2 Å². The summed E-state index contributed by atoms with van der Waals surface area (Å²) in [4.78, 5) is 16.5. The molecule has 0 aliphatic carbocycles. The summed E-state index contributed by atoms with van der Waals surface area (Å²) in [5, 5.41) is 2.93. The smallest absolute Gasteiger partial charge is 0.243 e. The Kier molecular flexibility index (Phi) is 7.50. The molecule has 1 heterocycles. The monoisotopic (exact) mass is 419 g/mol. The van der Waals surface area contributed by atoms with E-state index in [1.807, 2.05) is 25.1 Å². The molecule has 3 aromatic rings. The van der Waals surface area contributed by atoms with Crippen LogP contribution in [0, 0.1) is 6.92 Å². The second-order valence-corrected chi connectivity index (χ2v) is 8.30. The first-order valence-electron chi connectivity index (χ1n) is 11.0. The average molecular weight is 420 g/mol. The molecule has 0 fully saturated rings. The first kappa shape index (κ1) is 22.6. The minimum Gasteiger partial charge on any atom is -0.493 e. The van der Waals surface area contributed by atoms with Crippen LogP contribution in [0.4, 0.5) is 0 Å². The summed E-state index contributed by atoms with van der Waals surface area (Å²) in [6.45, 7) is 13.5. The molecule has 0 aliphatic heterocycles. The molecule has 1 aromatic heterocycles. The van der Waals surface area contributed by atoms with E-state index in [4.69, 9.17) is 9.72 Å². The molecule has 1 amide bonds. The largest absolute Gasteiger partial charge is 0.493 e. The molecule has 3 rings (SSSR count). The van der Waals surface area contributed by atoms with Crippen molar-refractivity contribution in [1.82, 2.24) is 14.9 Å². The molecule has 1 atom stereocenters. The molecule has 31 heavy (non-hydrogen) atoms.